The molecule has 0 fully saturated rings. The molecule has 21 heavy (non-hydrogen) atoms. The van der Waals surface area contributed by atoms with Gasteiger partial charge in [-0.05, 0) is 67.8 Å². The molecule has 0 aliphatic heterocycles. The second kappa shape index (κ2) is 6.31. The van der Waals surface area contributed by atoms with Crippen LogP contribution in [0.4, 0.5) is 5.69 Å². The van der Waals surface area contributed by atoms with Crippen LogP contribution in [-0.2, 0) is 0 Å². The first-order chi connectivity index (χ1) is 9.92. The van der Waals surface area contributed by atoms with E-state index >= 15 is 0 Å². The van der Waals surface area contributed by atoms with Crippen LogP contribution in [0.25, 0.3) is 0 Å². The maximum atomic E-state index is 12.4. The van der Waals surface area contributed by atoms with Gasteiger partial charge in [0.15, 0.2) is 0 Å². The Hall–Kier alpha value is -1.81. The van der Waals surface area contributed by atoms with Gasteiger partial charge in [0.25, 0.3) is 5.91 Å². The van der Waals surface area contributed by atoms with Crippen molar-refractivity contribution >= 4 is 27.5 Å². The maximum absolute atomic E-state index is 12.4. The van der Waals surface area contributed by atoms with E-state index in [1.807, 2.05) is 45.0 Å². The molecule has 0 saturated carbocycles. The summed E-state index contributed by atoms with van der Waals surface area (Å²) in [4.78, 5) is 12.4. The van der Waals surface area contributed by atoms with E-state index in [1.165, 1.54) is 0 Å². The highest BCUT2D eigenvalue weighted by Crippen LogP contribution is 2.26. The molecule has 0 bridgehead atoms. The number of carbonyl (C=O) groups excluding carboxylic acids is 1. The quantitative estimate of drug-likeness (QED) is 0.878. The van der Waals surface area contributed by atoms with Gasteiger partial charge in [0, 0.05) is 15.7 Å². The molecule has 1 amide bonds. The van der Waals surface area contributed by atoms with Gasteiger partial charge in [-0.25, -0.2) is 0 Å². The summed E-state index contributed by atoms with van der Waals surface area (Å²) in [6, 6.07) is 9.39. The lowest BCUT2D eigenvalue weighted by Crippen LogP contribution is -2.14. The summed E-state index contributed by atoms with van der Waals surface area (Å²) >= 11 is 3.46. The molecule has 2 rings (SSSR count). The number of anilines is 1. The van der Waals surface area contributed by atoms with E-state index < -0.39 is 0 Å². The van der Waals surface area contributed by atoms with Crippen LogP contribution in [0.1, 0.15) is 27.0 Å². The molecule has 0 saturated heterocycles. The Morgan fingerprint density at radius 1 is 1.05 bits per heavy atom. The molecule has 4 heteroatoms. The van der Waals surface area contributed by atoms with E-state index in [1.54, 1.807) is 13.2 Å². The number of methoxy groups -OCH3 is 1. The minimum atomic E-state index is -0.116. The lowest BCUT2D eigenvalue weighted by atomic mass is 10.1. The van der Waals surface area contributed by atoms with Crippen LogP contribution >= 0.6 is 15.9 Å². The second-order valence-corrected chi connectivity index (χ2v) is 5.97. The molecule has 0 aromatic heterocycles. The molecule has 3 nitrogen and oxygen atoms in total. The molecule has 0 spiro atoms. The number of nitrogens with one attached hydrogen (secondary N) is 1. The molecule has 0 aliphatic carbocycles. The lowest BCUT2D eigenvalue weighted by molar-refractivity contribution is 0.102. The Kier molecular flexibility index (Phi) is 4.68. The van der Waals surface area contributed by atoms with Gasteiger partial charge in [-0.2, -0.15) is 0 Å². The van der Waals surface area contributed by atoms with E-state index in [2.05, 4.69) is 21.2 Å². The number of benzene rings is 2. The molecule has 0 heterocycles. The van der Waals surface area contributed by atoms with E-state index in [0.717, 1.165) is 32.6 Å². The fraction of sp³-hybridized carbons (Fsp3) is 0.235. The van der Waals surface area contributed by atoms with Crippen LogP contribution in [0.15, 0.2) is 34.8 Å². The fourth-order valence-corrected chi connectivity index (χ4v) is 3.00. The predicted molar refractivity (Wildman–Crippen MR) is 89.3 cm³/mol. The van der Waals surface area contributed by atoms with Crippen LogP contribution < -0.4 is 10.1 Å². The number of amides is 1. The standard InChI is InChI=1S/C17H18BrNO2/c1-10-7-13(5-6-15(10)21-4)17(20)19-16-11(2)8-14(18)9-12(16)3/h5-9H,1-4H3,(H,19,20). The van der Waals surface area contributed by atoms with Gasteiger partial charge >= 0.3 is 0 Å². The third kappa shape index (κ3) is 3.45. The number of aryl methyl sites for hydroxylation is 3. The van der Waals surface area contributed by atoms with Gasteiger partial charge in [-0.15, -0.1) is 0 Å². The maximum Gasteiger partial charge on any atom is 0.255 e. The highest BCUT2D eigenvalue weighted by atomic mass is 79.9. The fourth-order valence-electron chi connectivity index (χ4n) is 2.31. The summed E-state index contributed by atoms with van der Waals surface area (Å²) in [7, 11) is 1.62. The third-order valence-electron chi connectivity index (χ3n) is 3.39. The molecule has 0 atom stereocenters. The van der Waals surface area contributed by atoms with Gasteiger partial charge < -0.3 is 10.1 Å². The lowest BCUT2D eigenvalue weighted by Gasteiger charge is -2.13. The summed E-state index contributed by atoms with van der Waals surface area (Å²) < 4.78 is 6.22. The van der Waals surface area contributed by atoms with Gasteiger partial charge in [-0.3, -0.25) is 4.79 Å². The highest BCUT2D eigenvalue weighted by molar-refractivity contribution is 9.10. The Labute approximate surface area is 133 Å². The van der Waals surface area contributed by atoms with Crippen LogP contribution in [0.2, 0.25) is 0 Å². The number of ether oxygens (including phenoxy) is 1. The molecule has 0 unspecified atom stereocenters. The summed E-state index contributed by atoms with van der Waals surface area (Å²) in [5.74, 6) is 0.664. The zero-order chi connectivity index (χ0) is 15.6. The average Bonchev–Trinajstić information content (AvgIpc) is 2.42. The monoisotopic (exact) mass is 347 g/mol. The number of carbonyl (C=O) groups is 1. The van der Waals surface area contributed by atoms with Crippen molar-refractivity contribution in [3.05, 3.63) is 57.1 Å². The van der Waals surface area contributed by atoms with Gasteiger partial charge in [0.1, 0.15) is 5.75 Å². The molecule has 0 radical (unpaired) electrons. The SMILES string of the molecule is COc1ccc(C(=O)Nc2c(C)cc(Br)cc2C)cc1C. The summed E-state index contributed by atoms with van der Waals surface area (Å²) in [6.45, 7) is 5.88. The largest absolute Gasteiger partial charge is 0.496 e. The van der Waals surface area contributed by atoms with Gasteiger partial charge in [0.2, 0.25) is 0 Å². The van der Waals surface area contributed by atoms with Crippen molar-refractivity contribution in [1.29, 1.82) is 0 Å². The van der Waals surface area contributed by atoms with E-state index in [0.29, 0.717) is 5.56 Å². The number of rotatable bonds is 3. The zero-order valence-corrected chi connectivity index (χ0v) is 14.2. The first-order valence-corrected chi connectivity index (χ1v) is 7.44. The van der Waals surface area contributed by atoms with Gasteiger partial charge in [-0.1, -0.05) is 15.9 Å². The predicted octanol–water partition coefficient (Wildman–Crippen LogP) is 4.64. The topological polar surface area (TPSA) is 38.3 Å². The second-order valence-electron chi connectivity index (χ2n) is 5.05. The first kappa shape index (κ1) is 15.6. The van der Waals surface area contributed by atoms with E-state index in [9.17, 15) is 4.79 Å². The van der Waals surface area contributed by atoms with Gasteiger partial charge in [0.05, 0.1) is 7.11 Å². The van der Waals surface area contributed by atoms with Crippen LogP contribution in [0.3, 0.4) is 0 Å². The van der Waals surface area contributed by atoms with E-state index in [4.69, 9.17) is 4.74 Å². The first-order valence-electron chi connectivity index (χ1n) is 6.65. The molecule has 2 aromatic rings. The number of halogens is 1. The summed E-state index contributed by atoms with van der Waals surface area (Å²) in [5, 5.41) is 2.99. The van der Waals surface area contributed by atoms with Crippen molar-refractivity contribution in [1.82, 2.24) is 0 Å². The molecule has 2 aromatic carbocycles. The highest BCUT2D eigenvalue weighted by Gasteiger charge is 2.12. The smallest absolute Gasteiger partial charge is 0.255 e. The molecular weight excluding hydrogens is 330 g/mol. The van der Waals surface area contributed by atoms with Crippen molar-refractivity contribution in [2.75, 3.05) is 12.4 Å². The van der Waals surface area contributed by atoms with Crippen molar-refractivity contribution in [2.45, 2.75) is 20.8 Å². The normalized spacial score (nSPS) is 10.3. The van der Waals surface area contributed by atoms with Crippen LogP contribution in [0.5, 0.6) is 5.75 Å². The van der Waals surface area contributed by atoms with Crippen molar-refractivity contribution < 1.29 is 9.53 Å². The minimum Gasteiger partial charge on any atom is -0.496 e. The Balaban J connectivity index is 2.28. The van der Waals surface area contributed by atoms with E-state index in [-0.39, 0.29) is 5.91 Å². The third-order valence-corrected chi connectivity index (χ3v) is 3.85. The van der Waals surface area contributed by atoms with Crippen LogP contribution in [0, 0.1) is 20.8 Å². The summed E-state index contributed by atoms with van der Waals surface area (Å²) in [5.41, 5.74) is 4.47. The Bertz CT molecular complexity index is 672. The number of hydrogen-bond donors (Lipinski definition) is 1. The molecule has 0 aliphatic rings. The summed E-state index contributed by atoms with van der Waals surface area (Å²) in [6.07, 6.45) is 0. The van der Waals surface area contributed by atoms with Crippen molar-refractivity contribution in [3.8, 4) is 5.75 Å². The molecule has 1 N–H and O–H groups in total. The average molecular weight is 348 g/mol. The Morgan fingerprint density at radius 2 is 1.67 bits per heavy atom. The number of hydrogen-bond acceptors (Lipinski definition) is 2. The zero-order valence-electron chi connectivity index (χ0n) is 12.6. The molecular formula is C17H18BrNO2. The minimum absolute atomic E-state index is 0.116. The van der Waals surface area contributed by atoms with Crippen molar-refractivity contribution in [2.24, 2.45) is 0 Å². The van der Waals surface area contributed by atoms with Crippen molar-refractivity contribution in [3.63, 3.8) is 0 Å². The van der Waals surface area contributed by atoms with Crippen LogP contribution in [-0.4, -0.2) is 13.0 Å². The molecule has 110 valence electrons. The Morgan fingerprint density at radius 3 is 2.19 bits per heavy atom.